The maximum Gasteiger partial charge on any atom is 0.144 e. The Labute approximate surface area is 110 Å². The van der Waals surface area contributed by atoms with Crippen LogP contribution in [0, 0.1) is 5.82 Å². The predicted octanol–water partition coefficient (Wildman–Crippen LogP) is 3.23. The molecule has 18 heavy (non-hydrogen) atoms. The molecule has 2 N–H and O–H groups in total. The van der Waals surface area contributed by atoms with E-state index in [1.807, 2.05) is 0 Å². The van der Waals surface area contributed by atoms with Crippen LogP contribution in [0.25, 0.3) is 22.4 Å². The SMILES string of the molecule is Oc1cnccc1-c1nc2cc(Br)c(F)cc2[nH]1. The summed E-state index contributed by atoms with van der Waals surface area (Å²) in [5.74, 6) is 0.134. The molecule has 0 saturated heterocycles. The van der Waals surface area contributed by atoms with Crippen LogP contribution in [0.4, 0.5) is 4.39 Å². The lowest BCUT2D eigenvalue weighted by Crippen LogP contribution is -1.82. The highest BCUT2D eigenvalue weighted by Gasteiger charge is 2.11. The van der Waals surface area contributed by atoms with E-state index in [9.17, 15) is 9.50 Å². The molecule has 90 valence electrons. The van der Waals surface area contributed by atoms with Gasteiger partial charge in [0, 0.05) is 12.3 Å². The van der Waals surface area contributed by atoms with Crippen molar-refractivity contribution in [1.82, 2.24) is 15.0 Å². The average molecular weight is 308 g/mol. The summed E-state index contributed by atoms with van der Waals surface area (Å²) < 4.78 is 13.7. The average Bonchev–Trinajstić information content (AvgIpc) is 2.73. The Kier molecular flexibility index (Phi) is 2.52. The van der Waals surface area contributed by atoms with E-state index in [0.29, 0.717) is 26.9 Å². The molecule has 0 aliphatic heterocycles. The molecule has 4 nitrogen and oxygen atoms in total. The van der Waals surface area contributed by atoms with Crippen LogP contribution in [0.1, 0.15) is 0 Å². The molecule has 6 heteroatoms. The van der Waals surface area contributed by atoms with Gasteiger partial charge in [0.2, 0.25) is 0 Å². The van der Waals surface area contributed by atoms with E-state index in [1.165, 1.54) is 12.3 Å². The van der Waals surface area contributed by atoms with Crippen molar-refractivity contribution in [1.29, 1.82) is 0 Å². The Bertz CT molecular complexity index is 702. The Morgan fingerprint density at radius 2 is 2.17 bits per heavy atom. The third kappa shape index (κ3) is 1.74. The number of benzene rings is 1. The number of fused-ring (bicyclic) bond motifs is 1. The quantitative estimate of drug-likeness (QED) is 0.725. The minimum Gasteiger partial charge on any atom is -0.506 e. The third-order valence-corrected chi connectivity index (χ3v) is 3.19. The number of hydrogen-bond acceptors (Lipinski definition) is 3. The Balaban J connectivity index is 2.23. The van der Waals surface area contributed by atoms with Crippen molar-refractivity contribution in [2.75, 3.05) is 0 Å². The fourth-order valence-electron chi connectivity index (χ4n) is 1.72. The summed E-state index contributed by atoms with van der Waals surface area (Å²) in [4.78, 5) is 11.1. The van der Waals surface area contributed by atoms with Crippen molar-refractivity contribution in [3.8, 4) is 17.1 Å². The highest BCUT2D eigenvalue weighted by Crippen LogP contribution is 2.29. The molecule has 2 aromatic heterocycles. The number of aromatic nitrogens is 3. The lowest BCUT2D eigenvalue weighted by molar-refractivity contribution is 0.474. The summed E-state index contributed by atoms with van der Waals surface area (Å²) in [6.45, 7) is 0. The first-order valence-corrected chi connectivity index (χ1v) is 5.92. The molecule has 0 aliphatic rings. The van der Waals surface area contributed by atoms with Crippen molar-refractivity contribution in [3.63, 3.8) is 0 Å². The number of nitrogens with zero attached hydrogens (tertiary/aromatic N) is 2. The number of hydrogen-bond donors (Lipinski definition) is 2. The topological polar surface area (TPSA) is 61.8 Å². The van der Waals surface area contributed by atoms with E-state index in [1.54, 1.807) is 18.3 Å². The first-order chi connectivity index (χ1) is 8.65. The molecule has 0 amide bonds. The molecule has 0 spiro atoms. The van der Waals surface area contributed by atoms with E-state index >= 15 is 0 Å². The number of nitrogens with one attached hydrogen (secondary N) is 1. The molecule has 0 atom stereocenters. The zero-order valence-electron chi connectivity index (χ0n) is 8.98. The van der Waals surface area contributed by atoms with Gasteiger partial charge in [0.25, 0.3) is 0 Å². The highest BCUT2D eigenvalue weighted by molar-refractivity contribution is 9.10. The molecule has 2 heterocycles. The van der Waals surface area contributed by atoms with Crippen LogP contribution in [0.3, 0.4) is 0 Å². The van der Waals surface area contributed by atoms with E-state index in [4.69, 9.17) is 0 Å². The number of rotatable bonds is 1. The van der Waals surface area contributed by atoms with E-state index in [-0.39, 0.29) is 11.6 Å². The van der Waals surface area contributed by atoms with Gasteiger partial charge in [0.15, 0.2) is 0 Å². The van der Waals surface area contributed by atoms with Crippen molar-refractivity contribution in [3.05, 3.63) is 40.9 Å². The second-order valence-electron chi connectivity index (χ2n) is 3.76. The number of pyridine rings is 1. The molecule has 0 unspecified atom stereocenters. The van der Waals surface area contributed by atoms with Gasteiger partial charge in [-0.05, 0) is 28.1 Å². The fourth-order valence-corrected chi connectivity index (χ4v) is 2.05. The van der Waals surface area contributed by atoms with Gasteiger partial charge in [-0.25, -0.2) is 9.37 Å². The van der Waals surface area contributed by atoms with E-state index < -0.39 is 0 Å². The molecule has 3 aromatic rings. The minimum absolute atomic E-state index is 0.0242. The zero-order chi connectivity index (χ0) is 12.7. The van der Waals surface area contributed by atoms with E-state index in [0.717, 1.165) is 0 Å². The van der Waals surface area contributed by atoms with Gasteiger partial charge in [-0.1, -0.05) is 0 Å². The van der Waals surface area contributed by atoms with Gasteiger partial charge in [0.1, 0.15) is 17.4 Å². The van der Waals surface area contributed by atoms with Crippen molar-refractivity contribution in [2.45, 2.75) is 0 Å². The third-order valence-electron chi connectivity index (χ3n) is 2.58. The van der Waals surface area contributed by atoms with Gasteiger partial charge in [-0.3, -0.25) is 4.98 Å². The van der Waals surface area contributed by atoms with Crippen molar-refractivity contribution < 1.29 is 9.50 Å². The Hall–Kier alpha value is -1.95. The smallest absolute Gasteiger partial charge is 0.144 e. The van der Waals surface area contributed by atoms with Crippen LogP contribution in [0.15, 0.2) is 35.1 Å². The molecule has 0 fully saturated rings. The monoisotopic (exact) mass is 307 g/mol. The first kappa shape index (κ1) is 11.2. The maximum absolute atomic E-state index is 13.4. The van der Waals surface area contributed by atoms with Gasteiger partial charge in [-0.2, -0.15) is 0 Å². The van der Waals surface area contributed by atoms with Crippen LogP contribution in [-0.2, 0) is 0 Å². The standard InChI is InChI=1S/C12H7BrFN3O/c13-7-3-9-10(4-8(7)14)17-12(16-9)6-1-2-15-5-11(6)18/h1-5,18H,(H,16,17). The number of halogens is 2. The normalized spacial score (nSPS) is 11.0. The van der Waals surface area contributed by atoms with Crippen LogP contribution in [0.5, 0.6) is 5.75 Å². The second kappa shape index (κ2) is 4.06. The maximum atomic E-state index is 13.4. The number of imidazole rings is 1. The van der Waals surface area contributed by atoms with Crippen LogP contribution >= 0.6 is 15.9 Å². The van der Waals surface area contributed by atoms with Gasteiger partial charge in [0.05, 0.1) is 27.3 Å². The van der Waals surface area contributed by atoms with Crippen molar-refractivity contribution in [2.24, 2.45) is 0 Å². The summed E-state index contributed by atoms with van der Waals surface area (Å²) >= 11 is 3.11. The fraction of sp³-hybridized carbons (Fsp3) is 0. The van der Waals surface area contributed by atoms with E-state index in [2.05, 4.69) is 30.9 Å². The summed E-state index contributed by atoms with van der Waals surface area (Å²) in [7, 11) is 0. The Morgan fingerprint density at radius 3 is 2.94 bits per heavy atom. The van der Waals surface area contributed by atoms with Gasteiger partial charge >= 0.3 is 0 Å². The second-order valence-corrected chi connectivity index (χ2v) is 4.62. The summed E-state index contributed by atoms with van der Waals surface area (Å²) in [6, 6.07) is 4.58. The zero-order valence-corrected chi connectivity index (χ0v) is 10.6. The summed E-state index contributed by atoms with van der Waals surface area (Å²) in [5.41, 5.74) is 1.72. The lowest BCUT2D eigenvalue weighted by Gasteiger charge is -1.98. The number of H-pyrrole nitrogens is 1. The van der Waals surface area contributed by atoms with Crippen molar-refractivity contribution >= 4 is 27.0 Å². The van der Waals surface area contributed by atoms with Crippen LogP contribution < -0.4 is 0 Å². The van der Waals surface area contributed by atoms with Crippen LogP contribution in [-0.4, -0.2) is 20.1 Å². The summed E-state index contributed by atoms with van der Waals surface area (Å²) in [5, 5.41) is 9.69. The largest absolute Gasteiger partial charge is 0.506 e. The highest BCUT2D eigenvalue weighted by atomic mass is 79.9. The molecular weight excluding hydrogens is 301 g/mol. The summed E-state index contributed by atoms with van der Waals surface area (Å²) in [6.07, 6.45) is 2.89. The lowest BCUT2D eigenvalue weighted by atomic mass is 10.2. The molecule has 1 aromatic carbocycles. The number of aromatic amines is 1. The molecule has 0 bridgehead atoms. The van der Waals surface area contributed by atoms with Gasteiger partial charge < -0.3 is 10.1 Å². The molecule has 0 aliphatic carbocycles. The molecular formula is C12H7BrFN3O. The minimum atomic E-state index is -0.364. The van der Waals surface area contributed by atoms with Crippen LogP contribution in [0.2, 0.25) is 0 Å². The van der Waals surface area contributed by atoms with Gasteiger partial charge in [-0.15, -0.1) is 0 Å². The Morgan fingerprint density at radius 1 is 1.33 bits per heavy atom. The molecule has 0 radical (unpaired) electrons. The first-order valence-electron chi connectivity index (χ1n) is 5.13. The predicted molar refractivity (Wildman–Crippen MR) is 68.6 cm³/mol. The number of aromatic hydroxyl groups is 1. The molecule has 0 saturated carbocycles. The molecule has 3 rings (SSSR count).